The van der Waals surface area contributed by atoms with Crippen molar-refractivity contribution in [2.75, 3.05) is 52.2 Å². The van der Waals surface area contributed by atoms with Crippen molar-refractivity contribution in [3.63, 3.8) is 0 Å². The average Bonchev–Trinajstić information content (AvgIpc) is 3.18. The smallest absolute Gasteiger partial charge is 0.232 e. The molecular weight excluding hydrogens is 372 g/mol. The van der Waals surface area contributed by atoms with E-state index < -0.39 is 0 Å². The zero-order valence-corrected chi connectivity index (χ0v) is 17.8. The molecule has 0 aliphatic carbocycles. The molecule has 2 aliphatic rings. The highest BCUT2D eigenvalue weighted by Crippen LogP contribution is 2.36. The lowest BCUT2D eigenvalue weighted by Crippen LogP contribution is -2.48. The van der Waals surface area contributed by atoms with Crippen molar-refractivity contribution in [3.8, 4) is 0 Å². The quantitative estimate of drug-likeness (QED) is 0.561. The Bertz CT molecular complexity index is 656. The summed E-state index contributed by atoms with van der Waals surface area (Å²) in [5.41, 5.74) is 1.03. The van der Waals surface area contributed by atoms with E-state index in [1.54, 1.807) is 7.05 Å². The number of ether oxygens (including phenoxy) is 1. The molecule has 1 amide bonds. The van der Waals surface area contributed by atoms with Crippen molar-refractivity contribution in [3.05, 3.63) is 35.9 Å². The molecule has 154 valence electrons. The van der Waals surface area contributed by atoms with Crippen molar-refractivity contribution < 1.29 is 9.53 Å². The normalized spacial score (nSPS) is 24.1. The molecule has 2 saturated heterocycles. The van der Waals surface area contributed by atoms with Crippen LogP contribution in [0.15, 0.2) is 35.3 Å². The van der Waals surface area contributed by atoms with Gasteiger partial charge in [0.15, 0.2) is 5.96 Å². The van der Waals surface area contributed by atoms with Crippen LogP contribution in [0.25, 0.3) is 0 Å². The molecule has 3 rings (SSSR count). The second-order valence-corrected chi connectivity index (χ2v) is 9.29. The molecule has 2 atom stereocenters. The minimum absolute atomic E-state index is 0.149. The highest BCUT2D eigenvalue weighted by Gasteiger charge is 2.30. The first-order valence-corrected chi connectivity index (χ1v) is 11.1. The first-order valence-electron chi connectivity index (χ1n) is 10.1. The van der Waals surface area contributed by atoms with Crippen molar-refractivity contribution in [1.29, 1.82) is 0 Å². The van der Waals surface area contributed by atoms with E-state index in [9.17, 15) is 4.79 Å². The molecule has 2 heterocycles. The van der Waals surface area contributed by atoms with Gasteiger partial charge in [0.2, 0.25) is 5.91 Å². The Labute approximate surface area is 172 Å². The van der Waals surface area contributed by atoms with Gasteiger partial charge in [-0.2, -0.15) is 11.8 Å². The molecule has 0 aromatic heterocycles. The van der Waals surface area contributed by atoms with Gasteiger partial charge in [-0.05, 0) is 31.1 Å². The molecule has 1 aromatic rings. The molecule has 1 aromatic carbocycles. The van der Waals surface area contributed by atoms with Crippen LogP contribution in [0.5, 0.6) is 0 Å². The molecule has 0 bridgehead atoms. The largest absolute Gasteiger partial charge is 0.378 e. The summed E-state index contributed by atoms with van der Waals surface area (Å²) in [6.45, 7) is 6.24. The summed E-state index contributed by atoms with van der Waals surface area (Å²) >= 11 is 2.02. The highest BCUT2D eigenvalue weighted by atomic mass is 32.2. The summed E-state index contributed by atoms with van der Waals surface area (Å²) in [7, 11) is 1.78. The second-order valence-electron chi connectivity index (χ2n) is 7.61. The van der Waals surface area contributed by atoms with Crippen LogP contribution in [-0.2, 0) is 9.53 Å². The SMILES string of the molecule is CN=C(NCC(C(=O)N1CCOCC1)c1ccccc1)NCC1(C)CCCS1. The van der Waals surface area contributed by atoms with Crippen LogP contribution >= 0.6 is 11.8 Å². The molecule has 2 N–H and O–H groups in total. The van der Waals surface area contributed by atoms with Gasteiger partial charge in [0, 0.05) is 38.0 Å². The fraction of sp³-hybridized carbons (Fsp3) is 0.619. The second kappa shape index (κ2) is 10.2. The van der Waals surface area contributed by atoms with Crippen LogP contribution in [0.3, 0.4) is 0 Å². The lowest BCUT2D eigenvalue weighted by molar-refractivity contribution is -0.136. The maximum atomic E-state index is 13.2. The number of guanidine groups is 1. The van der Waals surface area contributed by atoms with E-state index >= 15 is 0 Å². The van der Waals surface area contributed by atoms with Crippen LogP contribution in [0.2, 0.25) is 0 Å². The number of carbonyl (C=O) groups excluding carboxylic acids is 1. The number of amides is 1. The van der Waals surface area contributed by atoms with Crippen LogP contribution < -0.4 is 10.6 Å². The summed E-state index contributed by atoms with van der Waals surface area (Å²) in [6, 6.07) is 10.0. The molecule has 28 heavy (non-hydrogen) atoms. The number of morpholine rings is 1. The summed E-state index contributed by atoms with van der Waals surface area (Å²) < 4.78 is 5.66. The summed E-state index contributed by atoms with van der Waals surface area (Å²) in [4.78, 5) is 19.5. The number of carbonyl (C=O) groups is 1. The van der Waals surface area contributed by atoms with Gasteiger partial charge in [-0.1, -0.05) is 30.3 Å². The number of rotatable bonds is 6. The van der Waals surface area contributed by atoms with Gasteiger partial charge in [0.25, 0.3) is 0 Å². The Morgan fingerprint density at radius 1 is 1.29 bits per heavy atom. The number of hydrogen-bond donors (Lipinski definition) is 2. The lowest BCUT2D eigenvalue weighted by atomic mass is 9.97. The summed E-state index contributed by atoms with van der Waals surface area (Å²) in [6.07, 6.45) is 2.50. The van der Waals surface area contributed by atoms with Crippen LogP contribution in [0, 0.1) is 0 Å². The monoisotopic (exact) mass is 404 g/mol. The number of nitrogens with one attached hydrogen (secondary N) is 2. The maximum Gasteiger partial charge on any atom is 0.232 e. The Hall–Kier alpha value is -1.73. The van der Waals surface area contributed by atoms with Gasteiger partial charge in [-0.3, -0.25) is 9.79 Å². The first-order chi connectivity index (χ1) is 13.6. The third kappa shape index (κ3) is 5.64. The predicted octanol–water partition coefficient (Wildman–Crippen LogP) is 2.08. The highest BCUT2D eigenvalue weighted by molar-refractivity contribution is 8.00. The van der Waals surface area contributed by atoms with Crippen molar-refractivity contribution >= 4 is 23.6 Å². The number of nitrogens with zero attached hydrogens (tertiary/aromatic N) is 2. The van der Waals surface area contributed by atoms with Crippen molar-refractivity contribution in [2.24, 2.45) is 4.99 Å². The number of hydrogen-bond acceptors (Lipinski definition) is 4. The van der Waals surface area contributed by atoms with Gasteiger partial charge in [-0.15, -0.1) is 0 Å². The molecule has 7 heteroatoms. The standard InChI is InChI=1S/C21H32N4O2S/c1-21(9-6-14-28-21)16-24-20(22-2)23-15-18(17-7-4-3-5-8-17)19(26)25-10-12-27-13-11-25/h3-5,7-8,18H,6,9-16H2,1-2H3,(H2,22,23,24). The third-order valence-electron chi connectivity index (χ3n) is 5.45. The van der Waals surface area contributed by atoms with E-state index in [0.717, 1.165) is 18.1 Å². The Morgan fingerprint density at radius 3 is 2.68 bits per heavy atom. The molecule has 6 nitrogen and oxygen atoms in total. The minimum atomic E-state index is -0.241. The Balaban J connectivity index is 1.62. The topological polar surface area (TPSA) is 66.0 Å². The van der Waals surface area contributed by atoms with E-state index in [2.05, 4.69) is 22.5 Å². The van der Waals surface area contributed by atoms with Crippen LogP contribution in [-0.4, -0.2) is 73.7 Å². The molecule has 0 radical (unpaired) electrons. The lowest BCUT2D eigenvalue weighted by Gasteiger charge is -2.31. The summed E-state index contributed by atoms with van der Waals surface area (Å²) in [5, 5.41) is 6.83. The van der Waals surface area contributed by atoms with Crippen LogP contribution in [0.1, 0.15) is 31.2 Å². The van der Waals surface area contributed by atoms with Gasteiger partial charge in [-0.25, -0.2) is 0 Å². The molecule has 0 spiro atoms. The molecule has 2 aliphatic heterocycles. The van der Waals surface area contributed by atoms with E-state index in [1.807, 2.05) is 47.0 Å². The average molecular weight is 405 g/mol. The zero-order chi connectivity index (χ0) is 19.8. The molecule has 2 fully saturated rings. The fourth-order valence-electron chi connectivity index (χ4n) is 3.70. The van der Waals surface area contributed by atoms with Crippen molar-refractivity contribution in [2.45, 2.75) is 30.4 Å². The first kappa shape index (κ1) is 21.0. The zero-order valence-electron chi connectivity index (χ0n) is 16.9. The van der Waals surface area contributed by atoms with Crippen LogP contribution in [0.4, 0.5) is 0 Å². The van der Waals surface area contributed by atoms with Crippen molar-refractivity contribution in [1.82, 2.24) is 15.5 Å². The maximum absolute atomic E-state index is 13.2. The number of benzene rings is 1. The van der Waals surface area contributed by atoms with Gasteiger partial charge in [0.05, 0.1) is 19.1 Å². The Kier molecular flexibility index (Phi) is 7.62. The fourth-order valence-corrected chi connectivity index (χ4v) is 4.95. The molecule has 2 unspecified atom stereocenters. The number of aliphatic imine (C=N–C) groups is 1. The van der Waals surface area contributed by atoms with E-state index in [0.29, 0.717) is 32.8 Å². The van der Waals surface area contributed by atoms with Gasteiger partial charge in [0.1, 0.15) is 0 Å². The molecule has 0 saturated carbocycles. The van der Waals surface area contributed by atoms with E-state index in [4.69, 9.17) is 4.74 Å². The number of thioether (sulfide) groups is 1. The Morgan fingerprint density at radius 2 is 2.04 bits per heavy atom. The van der Waals surface area contributed by atoms with E-state index in [1.165, 1.54) is 18.6 Å². The molecular formula is C21H32N4O2S. The van der Waals surface area contributed by atoms with E-state index in [-0.39, 0.29) is 16.6 Å². The minimum Gasteiger partial charge on any atom is -0.378 e. The summed E-state index contributed by atoms with van der Waals surface area (Å²) in [5.74, 6) is 1.89. The van der Waals surface area contributed by atoms with Gasteiger partial charge < -0.3 is 20.3 Å². The third-order valence-corrected chi connectivity index (χ3v) is 6.99. The van der Waals surface area contributed by atoms with Gasteiger partial charge >= 0.3 is 0 Å². The predicted molar refractivity (Wildman–Crippen MR) is 116 cm³/mol.